The third-order valence-electron chi connectivity index (χ3n) is 16.8. The highest BCUT2D eigenvalue weighted by Crippen LogP contribution is 2.65. The topological polar surface area (TPSA) is 0 Å². The van der Waals surface area contributed by atoms with Crippen LogP contribution in [0.3, 0.4) is 0 Å². The Morgan fingerprint density at radius 1 is 0.511 bits per heavy atom. The van der Waals surface area contributed by atoms with Crippen molar-refractivity contribution in [1.29, 1.82) is 0 Å². The third-order valence-corrected chi connectivity index (χ3v) is 16.8. The van der Waals surface area contributed by atoms with Gasteiger partial charge >= 0.3 is 0 Å². The van der Waals surface area contributed by atoms with Crippen LogP contribution in [0.1, 0.15) is 195 Å². The molecule has 14 unspecified atom stereocenters. The van der Waals surface area contributed by atoms with Crippen LogP contribution in [-0.4, -0.2) is 0 Å². The van der Waals surface area contributed by atoms with Gasteiger partial charge in [-0.25, -0.2) is 0 Å². The van der Waals surface area contributed by atoms with Crippen molar-refractivity contribution in [3.05, 3.63) is 0 Å². The van der Waals surface area contributed by atoms with Crippen molar-refractivity contribution in [3.63, 3.8) is 0 Å². The van der Waals surface area contributed by atoms with E-state index >= 15 is 0 Å². The minimum atomic E-state index is 0.949. The van der Waals surface area contributed by atoms with Gasteiger partial charge in [0.05, 0.1) is 0 Å². The second-order valence-electron chi connectivity index (χ2n) is 18.9. The van der Waals surface area contributed by atoms with Gasteiger partial charge in [0, 0.05) is 0 Å². The second kappa shape index (κ2) is 16.6. The van der Waals surface area contributed by atoms with Gasteiger partial charge in [0.15, 0.2) is 0 Å². The molecular formula is C45H80. The molecular weight excluding hydrogens is 540 g/mol. The lowest BCUT2D eigenvalue weighted by Crippen LogP contribution is -2.53. The Balaban J connectivity index is 1.34. The summed E-state index contributed by atoms with van der Waals surface area (Å²) in [5.74, 6) is 15.9. The van der Waals surface area contributed by atoms with Crippen molar-refractivity contribution >= 4 is 0 Å². The first-order valence-electron chi connectivity index (χ1n) is 22.1. The highest BCUT2D eigenvalue weighted by Gasteiger charge is 2.58. The van der Waals surface area contributed by atoms with E-state index in [-0.39, 0.29) is 0 Å². The first-order chi connectivity index (χ1) is 22.1. The molecule has 0 aromatic heterocycles. The van der Waals surface area contributed by atoms with Gasteiger partial charge in [0.2, 0.25) is 0 Å². The summed E-state index contributed by atoms with van der Waals surface area (Å²) in [4.78, 5) is 0. The molecule has 0 bridgehead atoms. The Morgan fingerprint density at radius 2 is 1.09 bits per heavy atom. The van der Waals surface area contributed by atoms with Crippen LogP contribution >= 0.6 is 0 Å². The molecule has 0 aromatic rings. The molecule has 0 amide bonds. The molecule has 0 spiro atoms. The molecule has 6 aliphatic carbocycles. The molecule has 0 heteroatoms. The number of unbranched alkanes of at least 4 members (excludes halogenated alkanes) is 3. The number of hydrogen-bond acceptors (Lipinski definition) is 0. The molecule has 6 fully saturated rings. The Kier molecular flexibility index (Phi) is 12.9. The zero-order chi connectivity index (χ0) is 31.3. The number of hydrogen-bond donors (Lipinski definition) is 0. The van der Waals surface area contributed by atoms with E-state index in [1.165, 1.54) is 64.2 Å². The van der Waals surface area contributed by atoms with Crippen LogP contribution in [0.15, 0.2) is 0 Å². The maximum Gasteiger partial charge on any atom is -0.0321 e. The van der Waals surface area contributed by atoms with Crippen molar-refractivity contribution in [2.24, 2.45) is 88.8 Å². The number of rotatable bonds is 14. The fraction of sp³-hybridized carbons (Fsp3) is 1.00. The summed E-state index contributed by atoms with van der Waals surface area (Å²) in [6.45, 7) is 12.8. The first-order valence-corrected chi connectivity index (χ1v) is 22.1. The minimum absolute atomic E-state index is 0.949. The smallest absolute Gasteiger partial charge is 0.0321 e. The monoisotopic (exact) mass is 621 g/mol. The van der Waals surface area contributed by atoms with Crippen LogP contribution in [0.5, 0.6) is 0 Å². The van der Waals surface area contributed by atoms with Crippen molar-refractivity contribution in [3.8, 4) is 0 Å². The van der Waals surface area contributed by atoms with Crippen LogP contribution in [-0.2, 0) is 0 Å². The van der Waals surface area contributed by atoms with Gasteiger partial charge in [0.1, 0.15) is 0 Å². The summed E-state index contributed by atoms with van der Waals surface area (Å²) in [6, 6.07) is 0. The fourth-order valence-electron chi connectivity index (χ4n) is 14.7. The zero-order valence-electron chi connectivity index (χ0n) is 31.3. The molecule has 0 radical (unpaired) electrons. The van der Waals surface area contributed by atoms with Crippen molar-refractivity contribution < 1.29 is 0 Å². The molecule has 45 heavy (non-hydrogen) atoms. The molecule has 0 saturated heterocycles. The summed E-state index contributed by atoms with van der Waals surface area (Å²) in [7, 11) is 0. The van der Waals surface area contributed by atoms with Gasteiger partial charge in [-0.1, -0.05) is 137 Å². The summed E-state index contributed by atoms with van der Waals surface area (Å²) in [5, 5.41) is 0. The second-order valence-corrected chi connectivity index (χ2v) is 18.9. The van der Waals surface area contributed by atoms with Crippen LogP contribution in [0, 0.1) is 88.8 Å². The summed E-state index contributed by atoms with van der Waals surface area (Å²) in [5.41, 5.74) is 0. The largest absolute Gasteiger partial charge is 0.0654 e. The average molecular weight is 621 g/mol. The van der Waals surface area contributed by atoms with Gasteiger partial charge < -0.3 is 0 Å². The maximum absolute atomic E-state index is 2.71. The van der Waals surface area contributed by atoms with Crippen molar-refractivity contribution in [1.82, 2.24) is 0 Å². The molecule has 6 rings (SSSR count). The molecule has 6 aliphatic rings. The molecule has 14 atom stereocenters. The van der Waals surface area contributed by atoms with Crippen molar-refractivity contribution in [2.75, 3.05) is 0 Å². The van der Waals surface area contributed by atoms with Gasteiger partial charge in [-0.15, -0.1) is 0 Å². The Morgan fingerprint density at radius 3 is 1.71 bits per heavy atom. The lowest BCUT2D eigenvalue weighted by Gasteiger charge is -2.59. The van der Waals surface area contributed by atoms with Gasteiger partial charge in [-0.3, -0.25) is 0 Å². The normalized spacial score (nSPS) is 42.7. The summed E-state index contributed by atoms with van der Waals surface area (Å²) >= 11 is 0. The van der Waals surface area contributed by atoms with E-state index in [4.69, 9.17) is 0 Å². The lowest BCUT2D eigenvalue weighted by molar-refractivity contribution is -0.104. The van der Waals surface area contributed by atoms with Crippen LogP contribution in [0.2, 0.25) is 0 Å². The Bertz CT molecular complexity index is 854. The van der Waals surface area contributed by atoms with Crippen LogP contribution < -0.4 is 0 Å². The Labute approximate surface area is 283 Å². The quantitative estimate of drug-likeness (QED) is 0.134. The third kappa shape index (κ3) is 7.46. The Hall–Kier alpha value is 0. The van der Waals surface area contributed by atoms with Gasteiger partial charge in [-0.2, -0.15) is 0 Å². The maximum atomic E-state index is 2.71. The predicted molar refractivity (Wildman–Crippen MR) is 196 cm³/mol. The molecule has 0 heterocycles. The standard InChI is InChI=1S/C45H80/c1-6-9-11-23-39(42-29-28-36(33-20-16-21-33)43(42)32(5)8-3)45-38-25-15-14-24-37(38)44(40-26-17-27-41(40)45)35(22-10-7-2)34-19-13-12-18-31(4)30-34/h31-45H,6-30H2,1-5H3. The first kappa shape index (κ1) is 34.8. The van der Waals surface area contributed by atoms with E-state index in [2.05, 4.69) is 34.6 Å². The van der Waals surface area contributed by atoms with Crippen LogP contribution in [0.4, 0.5) is 0 Å². The molecule has 0 aliphatic heterocycles. The van der Waals surface area contributed by atoms with Gasteiger partial charge in [-0.05, 0) is 147 Å². The predicted octanol–water partition coefficient (Wildman–Crippen LogP) is 14.2. The minimum Gasteiger partial charge on any atom is -0.0654 e. The number of fused-ring (bicyclic) bond motifs is 2. The molecule has 0 nitrogen and oxygen atoms in total. The van der Waals surface area contributed by atoms with Gasteiger partial charge in [0.25, 0.3) is 0 Å². The SMILES string of the molecule is CCCCCC(C1CCC(C2CCC2)C1C(C)CC)C1C2CCCCC2C(C(CCCC)C2CCCCC(C)C2)C2CCCC21. The highest BCUT2D eigenvalue weighted by atomic mass is 14.6. The van der Waals surface area contributed by atoms with E-state index in [1.54, 1.807) is 96.3 Å². The van der Waals surface area contributed by atoms with Crippen molar-refractivity contribution in [2.45, 2.75) is 195 Å². The zero-order valence-corrected chi connectivity index (χ0v) is 31.3. The highest BCUT2D eigenvalue weighted by molar-refractivity contribution is 5.07. The van der Waals surface area contributed by atoms with E-state index < -0.39 is 0 Å². The van der Waals surface area contributed by atoms with E-state index in [1.807, 2.05) is 0 Å². The summed E-state index contributed by atoms with van der Waals surface area (Å²) < 4.78 is 0. The summed E-state index contributed by atoms with van der Waals surface area (Å²) in [6.07, 6.45) is 38.7. The fourth-order valence-corrected chi connectivity index (χ4v) is 14.7. The van der Waals surface area contributed by atoms with E-state index in [0.717, 1.165) is 88.8 Å². The van der Waals surface area contributed by atoms with E-state index in [0.29, 0.717) is 0 Å². The molecule has 0 N–H and O–H groups in total. The van der Waals surface area contributed by atoms with Crippen LogP contribution in [0.25, 0.3) is 0 Å². The lowest BCUT2D eigenvalue weighted by atomic mass is 9.46. The molecule has 0 aromatic carbocycles. The molecule has 260 valence electrons. The van der Waals surface area contributed by atoms with E-state index in [9.17, 15) is 0 Å². The average Bonchev–Trinajstić information content (AvgIpc) is 3.62. The molecule has 6 saturated carbocycles.